The maximum Gasteiger partial charge on any atom is 0.161 e. The first-order valence-electron chi connectivity index (χ1n) is 5.11. The first kappa shape index (κ1) is 12.3. The molecule has 0 saturated carbocycles. The second-order valence-electron chi connectivity index (χ2n) is 3.56. The Kier molecular flexibility index (Phi) is 4.16. The van der Waals surface area contributed by atoms with Crippen LogP contribution < -0.4 is 5.32 Å². The first-order chi connectivity index (χ1) is 7.69. The molecule has 0 bridgehead atoms. The summed E-state index contributed by atoms with van der Waals surface area (Å²) in [5.41, 5.74) is 0.983. The number of rotatable bonds is 2. The van der Waals surface area contributed by atoms with E-state index in [9.17, 15) is 0 Å². The van der Waals surface area contributed by atoms with Gasteiger partial charge in [-0.1, -0.05) is 30.3 Å². The zero-order valence-corrected chi connectivity index (χ0v) is 12.0. The van der Waals surface area contributed by atoms with Crippen LogP contribution in [-0.2, 0) is 0 Å². The third-order valence-electron chi connectivity index (χ3n) is 2.35. The topological polar surface area (TPSA) is 24.4 Å². The molecule has 0 aromatic heterocycles. The lowest BCUT2D eigenvalue weighted by Gasteiger charge is -2.05. The van der Waals surface area contributed by atoms with E-state index >= 15 is 0 Å². The fourth-order valence-corrected chi connectivity index (χ4v) is 2.89. The van der Waals surface area contributed by atoms with E-state index in [1.807, 2.05) is 18.2 Å². The highest BCUT2D eigenvalue weighted by Gasteiger charge is 2.16. The van der Waals surface area contributed by atoms with Crippen molar-refractivity contribution in [1.82, 2.24) is 0 Å². The Balaban J connectivity index is 2.07. The number of anilines is 1. The molecular weight excluding hydrogens is 308 g/mol. The molecule has 86 valence electrons. The van der Waals surface area contributed by atoms with Crippen LogP contribution in [0.25, 0.3) is 0 Å². The van der Waals surface area contributed by atoms with Crippen molar-refractivity contribution in [1.29, 1.82) is 0 Å². The summed E-state index contributed by atoms with van der Waals surface area (Å²) in [6, 6.07) is 6.27. The van der Waals surface area contributed by atoms with Crippen LogP contribution in [0.5, 0.6) is 0 Å². The molecule has 1 aliphatic heterocycles. The number of benzene rings is 1. The van der Waals surface area contributed by atoms with Crippen molar-refractivity contribution in [2.24, 2.45) is 4.99 Å². The Morgan fingerprint density at radius 1 is 1.62 bits per heavy atom. The van der Waals surface area contributed by atoms with E-state index in [1.54, 1.807) is 11.8 Å². The maximum absolute atomic E-state index is 6.02. The number of hydrogen-bond donors (Lipinski definition) is 1. The molecule has 0 saturated heterocycles. The fraction of sp³-hybridized carbons (Fsp3) is 0.364. The number of aliphatic imine (C=N–C) groups is 1. The van der Waals surface area contributed by atoms with E-state index in [0.29, 0.717) is 11.1 Å². The molecule has 0 fully saturated rings. The third-order valence-corrected chi connectivity index (χ3v) is 4.62. The van der Waals surface area contributed by atoms with E-state index in [4.69, 9.17) is 11.6 Å². The predicted octanol–water partition coefficient (Wildman–Crippen LogP) is 4.40. The van der Waals surface area contributed by atoms with Gasteiger partial charge in [0.25, 0.3) is 0 Å². The van der Waals surface area contributed by atoms with Crippen LogP contribution >= 0.6 is 39.3 Å². The minimum atomic E-state index is 0.457. The lowest BCUT2D eigenvalue weighted by molar-refractivity contribution is 0.738. The smallest absolute Gasteiger partial charge is 0.161 e. The van der Waals surface area contributed by atoms with E-state index in [1.165, 1.54) is 0 Å². The van der Waals surface area contributed by atoms with Crippen molar-refractivity contribution in [2.75, 3.05) is 11.1 Å². The summed E-state index contributed by atoms with van der Waals surface area (Å²) in [5.74, 6) is 1.07. The summed E-state index contributed by atoms with van der Waals surface area (Å²) in [6.07, 6.45) is 1.10. The lowest BCUT2D eigenvalue weighted by Crippen LogP contribution is -2.05. The van der Waals surface area contributed by atoms with Gasteiger partial charge in [-0.3, -0.25) is 4.99 Å². The third kappa shape index (κ3) is 2.93. The molecule has 0 radical (unpaired) electrons. The Morgan fingerprint density at radius 2 is 2.44 bits per heavy atom. The summed E-state index contributed by atoms with van der Waals surface area (Å²) in [7, 11) is 0. The monoisotopic (exact) mass is 318 g/mol. The molecule has 1 unspecified atom stereocenters. The van der Waals surface area contributed by atoms with E-state index in [2.05, 4.69) is 33.2 Å². The van der Waals surface area contributed by atoms with Gasteiger partial charge in [0.15, 0.2) is 5.17 Å². The maximum atomic E-state index is 6.02. The summed E-state index contributed by atoms with van der Waals surface area (Å²) in [5, 5.41) is 4.98. The van der Waals surface area contributed by atoms with Crippen molar-refractivity contribution in [3.8, 4) is 0 Å². The largest absolute Gasteiger partial charge is 0.335 e. The highest BCUT2D eigenvalue weighted by molar-refractivity contribution is 9.10. The molecule has 5 heteroatoms. The van der Waals surface area contributed by atoms with Crippen LogP contribution in [0.3, 0.4) is 0 Å². The van der Waals surface area contributed by atoms with Gasteiger partial charge in [0.1, 0.15) is 0 Å². The fourth-order valence-electron chi connectivity index (χ4n) is 1.39. The number of nitrogens with zero attached hydrogens (tertiary/aromatic N) is 1. The van der Waals surface area contributed by atoms with E-state index in [0.717, 1.165) is 27.5 Å². The zero-order valence-electron chi connectivity index (χ0n) is 8.84. The second kappa shape index (κ2) is 5.43. The normalized spacial score (nSPS) is 19.7. The average Bonchev–Trinajstić information content (AvgIpc) is 2.71. The summed E-state index contributed by atoms with van der Waals surface area (Å²) in [4.78, 5) is 4.57. The average molecular weight is 320 g/mol. The molecule has 0 aliphatic carbocycles. The molecular formula is C11H12BrClN2S. The summed E-state index contributed by atoms with van der Waals surface area (Å²) >= 11 is 11.2. The second-order valence-corrected chi connectivity index (χ2v) is 5.83. The van der Waals surface area contributed by atoms with Gasteiger partial charge in [-0.2, -0.15) is 0 Å². The zero-order chi connectivity index (χ0) is 11.5. The number of hydrogen-bond acceptors (Lipinski definition) is 3. The number of halogens is 2. The molecule has 16 heavy (non-hydrogen) atoms. The Morgan fingerprint density at radius 3 is 3.06 bits per heavy atom. The van der Waals surface area contributed by atoms with Gasteiger partial charge in [0.2, 0.25) is 0 Å². The van der Waals surface area contributed by atoms with Gasteiger partial charge >= 0.3 is 0 Å². The highest BCUT2D eigenvalue weighted by Crippen LogP contribution is 2.27. The molecule has 0 spiro atoms. The lowest BCUT2D eigenvalue weighted by atomic mass is 10.3. The molecule has 0 amide bonds. The van der Waals surface area contributed by atoms with Crippen LogP contribution in [-0.4, -0.2) is 17.0 Å². The van der Waals surface area contributed by atoms with Gasteiger partial charge in [0, 0.05) is 15.9 Å². The molecule has 1 N–H and O–H groups in total. The molecule has 1 aromatic rings. The van der Waals surface area contributed by atoms with Gasteiger partial charge in [0.05, 0.1) is 11.1 Å². The minimum Gasteiger partial charge on any atom is -0.335 e. The van der Waals surface area contributed by atoms with Crippen LogP contribution in [0.1, 0.15) is 13.3 Å². The van der Waals surface area contributed by atoms with Crippen LogP contribution in [0.2, 0.25) is 5.02 Å². The Bertz CT molecular complexity index is 422. The molecule has 2 rings (SSSR count). The molecule has 1 atom stereocenters. The summed E-state index contributed by atoms with van der Waals surface area (Å²) in [6.45, 7) is 2.16. The van der Waals surface area contributed by atoms with Gasteiger partial charge in [-0.25, -0.2) is 0 Å². The quantitative estimate of drug-likeness (QED) is 0.874. The van der Waals surface area contributed by atoms with E-state index in [-0.39, 0.29) is 0 Å². The molecule has 1 heterocycles. The van der Waals surface area contributed by atoms with E-state index < -0.39 is 0 Å². The van der Waals surface area contributed by atoms with Crippen molar-refractivity contribution in [3.05, 3.63) is 27.7 Å². The highest BCUT2D eigenvalue weighted by atomic mass is 79.9. The number of amidine groups is 1. The Hall–Kier alpha value is -0.190. The number of nitrogens with one attached hydrogen (secondary N) is 1. The van der Waals surface area contributed by atoms with Crippen LogP contribution in [0.4, 0.5) is 5.69 Å². The van der Waals surface area contributed by atoms with Crippen molar-refractivity contribution < 1.29 is 0 Å². The van der Waals surface area contributed by atoms with Gasteiger partial charge < -0.3 is 5.32 Å². The predicted molar refractivity (Wildman–Crippen MR) is 76.7 cm³/mol. The molecule has 1 aliphatic rings. The van der Waals surface area contributed by atoms with Crippen molar-refractivity contribution >= 4 is 50.1 Å². The standard InChI is InChI=1S/C11H12BrClN2S/c1-2-7-6-16-11(14-7)15-8-3-4-9(12)10(13)5-8/h3-5,7H,2,6H2,1H3,(H,14,15). The number of thioether (sulfide) groups is 1. The van der Waals surface area contributed by atoms with Gasteiger partial charge in [-0.05, 0) is 40.5 Å². The summed E-state index contributed by atoms with van der Waals surface area (Å²) < 4.78 is 0.909. The van der Waals surface area contributed by atoms with Crippen LogP contribution in [0.15, 0.2) is 27.7 Å². The molecule has 1 aromatic carbocycles. The van der Waals surface area contributed by atoms with Gasteiger partial charge in [-0.15, -0.1) is 0 Å². The van der Waals surface area contributed by atoms with Crippen LogP contribution in [0, 0.1) is 0 Å². The first-order valence-corrected chi connectivity index (χ1v) is 7.27. The Labute approximate surface area is 113 Å². The van der Waals surface area contributed by atoms with Crippen molar-refractivity contribution in [2.45, 2.75) is 19.4 Å². The van der Waals surface area contributed by atoms with Crippen molar-refractivity contribution in [3.63, 3.8) is 0 Å². The SMILES string of the molecule is CCC1CSC(Nc2ccc(Br)c(Cl)c2)=N1. The molecule has 2 nitrogen and oxygen atoms in total. The minimum absolute atomic E-state index is 0.457.